The van der Waals surface area contributed by atoms with Crippen molar-refractivity contribution in [3.8, 4) is 22.6 Å². The van der Waals surface area contributed by atoms with Crippen LogP contribution in [0.4, 0.5) is 22.7 Å². The molecule has 7 aromatic rings. The third-order valence-corrected chi connectivity index (χ3v) is 10.9. The Morgan fingerprint density at radius 3 is 1.45 bits per heavy atom. The molecule has 0 atom stereocenters. The van der Waals surface area contributed by atoms with Crippen molar-refractivity contribution in [2.24, 2.45) is 0 Å². The van der Waals surface area contributed by atoms with Crippen molar-refractivity contribution in [1.29, 1.82) is 0 Å². The highest BCUT2D eigenvalue weighted by Crippen LogP contribution is 2.39. The number of nitrogens with zero attached hydrogens (tertiary/aromatic N) is 2. The molecule has 0 aliphatic rings. The molecule has 320 valence electrons. The van der Waals surface area contributed by atoms with Gasteiger partial charge in [-0.2, -0.15) is 0 Å². The van der Waals surface area contributed by atoms with Gasteiger partial charge < -0.3 is 28.9 Å². The highest BCUT2D eigenvalue weighted by Gasteiger charge is 2.28. The molecule has 14 nitrogen and oxygen atoms in total. The van der Waals surface area contributed by atoms with Gasteiger partial charge in [-0.3, -0.25) is 29.8 Å². The zero-order valence-corrected chi connectivity index (χ0v) is 36.9. The maximum Gasteiger partial charge on any atom is 0.335 e. The number of hydrogen-bond donors (Lipinski definition) is 2. The molecule has 0 aliphatic carbocycles. The predicted octanol–water partition coefficient (Wildman–Crippen LogP) is 12.0. The van der Waals surface area contributed by atoms with E-state index < -0.39 is 9.85 Å². The van der Waals surface area contributed by atoms with E-state index in [1.807, 2.05) is 76.2 Å². The molecule has 0 bridgehead atoms. The maximum absolute atomic E-state index is 13.5. The molecule has 0 radical (unpaired) electrons. The fraction of sp³-hybridized carbons (Fsp3) is 0.217. The summed E-state index contributed by atoms with van der Waals surface area (Å²) in [4.78, 5) is 49.0. The minimum absolute atomic E-state index is 0.0263. The molecule has 7 rings (SSSR count). The normalized spacial score (nSPS) is 11.1. The van der Waals surface area contributed by atoms with Gasteiger partial charge in [0.25, 0.3) is 0 Å². The number of anilines is 2. The summed E-state index contributed by atoms with van der Waals surface area (Å²) in [6.07, 6.45) is 0. The van der Waals surface area contributed by atoms with Crippen LogP contribution >= 0.6 is 27.5 Å². The van der Waals surface area contributed by atoms with Crippen LogP contribution in [0.25, 0.3) is 33.1 Å². The predicted molar refractivity (Wildman–Crippen MR) is 245 cm³/mol. The SMILES string of the molecule is COc1ccc(CNc2ccc3c(=O)c(-c4ccc(Cl)cc4)c(C(C)C)oc3c2[N+](=O)[O-])cc1.COc1ccc(CNc2ccc3c(=O)c(Br)c(C(C)C)oc3c2[N+](=O)[O-])cc1. The fourth-order valence-electron chi connectivity index (χ4n) is 6.70. The Balaban J connectivity index is 0.000000211. The monoisotopic (exact) mass is 924 g/mol. The zero-order valence-electron chi connectivity index (χ0n) is 34.5. The quantitative estimate of drug-likeness (QED) is 0.0823. The third kappa shape index (κ3) is 9.59. The molecule has 0 amide bonds. The molecule has 16 heteroatoms. The minimum atomic E-state index is -0.528. The Hall–Kier alpha value is -6.71. The molecule has 0 aliphatic heterocycles. The smallest absolute Gasteiger partial charge is 0.335 e. The van der Waals surface area contributed by atoms with Gasteiger partial charge in [-0.05, 0) is 93.3 Å². The van der Waals surface area contributed by atoms with Gasteiger partial charge in [0, 0.05) is 29.9 Å². The van der Waals surface area contributed by atoms with Crippen molar-refractivity contribution in [2.45, 2.75) is 52.6 Å². The van der Waals surface area contributed by atoms with E-state index in [4.69, 9.17) is 29.9 Å². The van der Waals surface area contributed by atoms with E-state index in [1.165, 1.54) is 6.07 Å². The topological polar surface area (TPSA) is 189 Å². The molecule has 0 spiro atoms. The Bertz CT molecular complexity index is 2900. The van der Waals surface area contributed by atoms with E-state index in [9.17, 15) is 29.8 Å². The molecule has 0 saturated carbocycles. The number of fused-ring (bicyclic) bond motifs is 2. The second-order valence-electron chi connectivity index (χ2n) is 14.7. The van der Waals surface area contributed by atoms with Gasteiger partial charge in [0.2, 0.25) is 22.0 Å². The Morgan fingerprint density at radius 1 is 0.629 bits per heavy atom. The summed E-state index contributed by atoms with van der Waals surface area (Å²) in [5.41, 5.74) is 2.18. The van der Waals surface area contributed by atoms with E-state index >= 15 is 0 Å². The average molecular weight is 926 g/mol. The first-order valence-electron chi connectivity index (χ1n) is 19.3. The number of rotatable bonds is 13. The summed E-state index contributed by atoms with van der Waals surface area (Å²) in [7, 11) is 3.17. The molecule has 62 heavy (non-hydrogen) atoms. The first-order chi connectivity index (χ1) is 29.6. The summed E-state index contributed by atoms with van der Waals surface area (Å²) in [6, 6.07) is 27.8. The second kappa shape index (κ2) is 19.3. The van der Waals surface area contributed by atoms with Crippen LogP contribution < -0.4 is 31.0 Å². The van der Waals surface area contributed by atoms with Crippen LogP contribution in [0.1, 0.15) is 62.2 Å². The standard InChI is InChI=1S/C26H23ClN2O5.C20H19BrN2O5/c1-15(2)25-22(17-6-8-18(27)9-7-17)24(30)20-12-13-21(23(29(31)32)26(20)34-25)28-14-16-4-10-19(33-3)11-5-16;1-11(2)19-16(21)18(24)14-8-9-15(17(23(25)26)20(14)28-19)22-10-12-4-6-13(27-3)7-5-12/h4-13,15,28H,14H2,1-3H3;4-9,11,22H,10H2,1-3H3. The van der Waals surface area contributed by atoms with Gasteiger partial charge in [0.05, 0.1) is 40.4 Å². The third-order valence-electron chi connectivity index (χ3n) is 9.90. The molecular weight excluding hydrogens is 884 g/mol. The number of nitrogens with one attached hydrogen (secondary N) is 2. The number of hydrogen-bond acceptors (Lipinski definition) is 12. The molecule has 0 unspecified atom stereocenters. The number of nitro groups is 2. The van der Waals surface area contributed by atoms with Crippen molar-refractivity contribution < 1.29 is 28.2 Å². The van der Waals surface area contributed by atoms with Gasteiger partial charge in [0.15, 0.2) is 0 Å². The summed E-state index contributed by atoms with van der Waals surface area (Å²) in [5, 5.41) is 30.9. The van der Waals surface area contributed by atoms with Crippen molar-refractivity contribution in [3.05, 3.63) is 170 Å². The summed E-state index contributed by atoms with van der Waals surface area (Å²) in [6.45, 7) is 8.18. The number of methoxy groups -OCH3 is 2. The first kappa shape index (κ1) is 44.8. The summed E-state index contributed by atoms with van der Waals surface area (Å²) >= 11 is 9.26. The van der Waals surface area contributed by atoms with E-state index in [0.29, 0.717) is 45.2 Å². The Kier molecular flexibility index (Phi) is 14.0. The van der Waals surface area contributed by atoms with Crippen LogP contribution in [0, 0.1) is 20.2 Å². The zero-order chi connectivity index (χ0) is 44.8. The van der Waals surface area contributed by atoms with Crippen LogP contribution in [0.3, 0.4) is 0 Å². The van der Waals surface area contributed by atoms with Crippen molar-refractivity contribution >= 4 is 72.2 Å². The second-order valence-corrected chi connectivity index (χ2v) is 15.9. The molecule has 0 saturated heterocycles. The molecule has 2 N–H and O–H groups in total. The largest absolute Gasteiger partial charge is 0.497 e. The van der Waals surface area contributed by atoms with Crippen molar-refractivity contribution in [1.82, 2.24) is 0 Å². The van der Waals surface area contributed by atoms with Crippen LogP contribution in [-0.4, -0.2) is 24.1 Å². The lowest BCUT2D eigenvalue weighted by atomic mass is 9.96. The van der Waals surface area contributed by atoms with Gasteiger partial charge in [-0.1, -0.05) is 75.7 Å². The Morgan fingerprint density at radius 2 is 1.05 bits per heavy atom. The summed E-state index contributed by atoms with van der Waals surface area (Å²) in [5.74, 6) is 1.93. The number of halogens is 2. The average Bonchev–Trinajstić information content (AvgIpc) is 3.26. The van der Waals surface area contributed by atoms with Gasteiger partial charge >= 0.3 is 11.4 Å². The molecule has 5 aromatic carbocycles. The molecule has 2 aromatic heterocycles. The van der Waals surface area contributed by atoms with Crippen LogP contribution in [-0.2, 0) is 13.1 Å². The van der Waals surface area contributed by atoms with Gasteiger partial charge in [-0.25, -0.2) is 0 Å². The van der Waals surface area contributed by atoms with Crippen LogP contribution in [0.2, 0.25) is 5.02 Å². The van der Waals surface area contributed by atoms with E-state index in [-0.39, 0.29) is 67.4 Å². The molecule has 0 fully saturated rings. The van der Waals surface area contributed by atoms with Crippen LogP contribution in [0.15, 0.2) is 120 Å². The Labute approximate surface area is 368 Å². The lowest BCUT2D eigenvalue weighted by molar-refractivity contribution is -0.382. The lowest BCUT2D eigenvalue weighted by Gasteiger charge is -2.14. The number of nitro benzene ring substituents is 2. The minimum Gasteiger partial charge on any atom is -0.497 e. The fourth-order valence-corrected chi connectivity index (χ4v) is 7.57. The maximum atomic E-state index is 13.5. The van der Waals surface area contributed by atoms with E-state index in [2.05, 4.69) is 26.6 Å². The molecular formula is C46H42BrClN4O10. The van der Waals surface area contributed by atoms with Crippen LogP contribution in [0.5, 0.6) is 11.5 Å². The highest BCUT2D eigenvalue weighted by atomic mass is 79.9. The van der Waals surface area contributed by atoms with Crippen molar-refractivity contribution in [3.63, 3.8) is 0 Å². The lowest BCUT2D eigenvalue weighted by Crippen LogP contribution is -2.12. The number of benzene rings is 5. The molecule has 2 heterocycles. The summed E-state index contributed by atoms with van der Waals surface area (Å²) < 4.78 is 22.5. The van der Waals surface area contributed by atoms with Gasteiger partial charge in [0.1, 0.15) is 38.9 Å². The van der Waals surface area contributed by atoms with Crippen molar-refractivity contribution in [2.75, 3.05) is 24.9 Å². The van der Waals surface area contributed by atoms with E-state index in [1.54, 1.807) is 56.7 Å². The highest BCUT2D eigenvalue weighted by molar-refractivity contribution is 9.10. The van der Waals surface area contributed by atoms with Gasteiger partial charge in [-0.15, -0.1) is 0 Å². The number of ether oxygens (including phenoxy) is 2. The first-order valence-corrected chi connectivity index (χ1v) is 20.5. The van der Waals surface area contributed by atoms with E-state index in [0.717, 1.165) is 22.6 Å².